The molecule has 92 valence electrons. The Balaban J connectivity index is 2.17. The van der Waals surface area contributed by atoms with Crippen LogP contribution in [-0.4, -0.2) is 45.9 Å². The minimum Gasteiger partial charge on any atom is -0.479 e. The van der Waals surface area contributed by atoms with Gasteiger partial charge in [-0.3, -0.25) is 9.89 Å². The Hall–Kier alpha value is -1.89. The topological polar surface area (TPSA) is 104 Å². The monoisotopic (exact) mass is 239 g/mol. The number of rotatable bonds is 3. The number of carbonyl (C=O) groups is 2. The number of aliphatic carboxylic acids is 1. The van der Waals surface area contributed by atoms with Crippen molar-refractivity contribution in [3.05, 3.63) is 17.5 Å². The van der Waals surface area contributed by atoms with Gasteiger partial charge in [0, 0.05) is 18.7 Å². The molecule has 2 rings (SSSR count). The van der Waals surface area contributed by atoms with Crippen LogP contribution in [0.4, 0.5) is 0 Å². The van der Waals surface area contributed by atoms with Crippen molar-refractivity contribution in [3.63, 3.8) is 0 Å². The number of aromatic amines is 1. The maximum absolute atomic E-state index is 11.9. The Morgan fingerprint density at radius 2 is 2.41 bits per heavy atom. The van der Waals surface area contributed by atoms with Gasteiger partial charge in [-0.15, -0.1) is 0 Å². The van der Waals surface area contributed by atoms with Gasteiger partial charge in [-0.2, -0.15) is 5.10 Å². The molecule has 1 aromatic heterocycles. The number of carboxylic acid groups (broad SMARTS) is 1. The lowest BCUT2D eigenvalue weighted by Gasteiger charge is -2.23. The molecule has 0 saturated carbocycles. The highest BCUT2D eigenvalue weighted by Gasteiger charge is 2.44. The fourth-order valence-corrected chi connectivity index (χ4v) is 1.75. The standard InChI is InChI=1S/C10H13N3O4/c1-6-7(4-11-13-6)8(14)12-10(9(15)16)2-3-17-5-10/h4H,2-3,5H2,1H3,(H,11,13)(H,12,14)(H,15,16). The molecule has 0 aliphatic carbocycles. The number of ether oxygens (including phenoxy) is 1. The van der Waals surface area contributed by atoms with Gasteiger partial charge in [0.15, 0.2) is 5.54 Å². The van der Waals surface area contributed by atoms with Crippen molar-refractivity contribution in [2.45, 2.75) is 18.9 Å². The lowest BCUT2D eigenvalue weighted by atomic mass is 9.98. The smallest absolute Gasteiger partial charge is 0.331 e. The van der Waals surface area contributed by atoms with E-state index in [0.29, 0.717) is 17.9 Å². The van der Waals surface area contributed by atoms with Gasteiger partial charge < -0.3 is 15.2 Å². The maximum Gasteiger partial charge on any atom is 0.331 e. The first-order valence-electron chi connectivity index (χ1n) is 5.19. The molecule has 3 N–H and O–H groups in total. The summed E-state index contributed by atoms with van der Waals surface area (Å²) in [6.07, 6.45) is 1.64. The summed E-state index contributed by atoms with van der Waals surface area (Å²) >= 11 is 0. The fraction of sp³-hybridized carbons (Fsp3) is 0.500. The first kappa shape index (κ1) is 11.6. The molecule has 1 amide bonds. The van der Waals surface area contributed by atoms with Gasteiger partial charge in [0.1, 0.15) is 0 Å². The van der Waals surface area contributed by atoms with Crippen LogP contribution in [-0.2, 0) is 9.53 Å². The van der Waals surface area contributed by atoms with Gasteiger partial charge in [0.25, 0.3) is 5.91 Å². The molecule has 1 aliphatic heterocycles. The normalized spacial score (nSPS) is 23.6. The second-order valence-corrected chi connectivity index (χ2v) is 4.05. The molecule has 1 atom stereocenters. The second-order valence-electron chi connectivity index (χ2n) is 4.05. The van der Waals surface area contributed by atoms with Crippen molar-refractivity contribution in [2.75, 3.05) is 13.2 Å². The molecule has 17 heavy (non-hydrogen) atoms. The minimum absolute atomic E-state index is 0.00896. The van der Waals surface area contributed by atoms with Crippen molar-refractivity contribution in [1.29, 1.82) is 0 Å². The molecule has 1 aromatic rings. The number of hydrogen-bond acceptors (Lipinski definition) is 4. The van der Waals surface area contributed by atoms with E-state index in [2.05, 4.69) is 15.5 Å². The first-order valence-corrected chi connectivity index (χ1v) is 5.19. The molecule has 1 saturated heterocycles. The zero-order valence-corrected chi connectivity index (χ0v) is 9.32. The number of amides is 1. The third-order valence-corrected chi connectivity index (χ3v) is 2.86. The number of nitrogens with zero attached hydrogens (tertiary/aromatic N) is 1. The van der Waals surface area contributed by atoms with Crippen LogP contribution in [0.15, 0.2) is 6.20 Å². The summed E-state index contributed by atoms with van der Waals surface area (Å²) in [5, 5.41) is 18.0. The van der Waals surface area contributed by atoms with Crippen LogP contribution in [0.5, 0.6) is 0 Å². The number of nitrogens with one attached hydrogen (secondary N) is 2. The quantitative estimate of drug-likeness (QED) is 0.671. The van der Waals surface area contributed by atoms with Crippen LogP contribution in [0.2, 0.25) is 0 Å². The van der Waals surface area contributed by atoms with Gasteiger partial charge in [-0.05, 0) is 6.92 Å². The highest BCUT2D eigenvalue weighted by Crippen LogP contribution is 2.20. The maximum atomic E-state index is 11.9. The largest absolute Gasteiger partial charge is 0.479 e. The second kappa shape index (κ2) is 4.17. The molecule has 1 unspecified atom stereocenters. The molecular formula is C10H13N3O4. The molecule has 1 fully saturated rings. The summed E-state index contributed by atoms with van der Waals surface area (Å²) in [6.45, 7) is 2.02. The van der Waals surface area contributed by atoms with Crippen molar-refractivity contribution >= 4 is 11.9 Å². The van der Waals surface area contributed by atoms with Gasteiger partial charge in [0.2, 0.25) is 0 Å². The average Bonchev–Trinajstić information content (AvgIpc) is 2.87. The highest BCUT2D eigenvalue weighted by atomic mass is 16.5. The van der Waals surface area contributed by atoms with E-state index in [9.17, 15) is 9.59 Å². The number of carbonyl (C=O) groups excluding carboxylic acids is 1. The molecule has 2 heterocycles. The molecule has 0 bridgehead atoms. The van der Waals surface area contributed by atoms with Gasteiger partial charge in [-0.1, -0.05) is 0 Å². The SMILES string of the molecule is Cc1[nH]ncc1C(=O)NC1(C(=O)O)CCOC1. The van der Waals surface area contributed by atoms with Crippen molar-refractivity contribution < 1.29 is 19.4 Å². The molecule has 0 radical (unpaired) electrons. The van der Waals surface area contributed by atoms with Crippen molar-refractivity contribution in [1.82, 2.24) is 15.5 Å². The third kappa shape index (κ3) is 2.01. The molecule has 0 spiro atoms. The Morgan fingerprint density at radius 3 is 2.88 bits per heavy atom. The van der Waals surface area contributed by atoms with Crippen LogP contribution in [0, 0.1) is 6.92 Å². The number of H-pyrrole nitrogens is 1. The predicted molar refractivity (Wildman–Crippen MR) is 56.6 cm³/mol. The Kier molecular flexibility index (Phi) is 2.84. The predicted octanol–water partition coefficient (Wildman–Crippen LogP) is -0.308. The van der Waals surface area contributed by atoms with E-state index in [1.54, 1.807) is 6.92 Å². The van der Waals surface area contributed by atoms with E-state index in [1.807, 2.05) is 0 Å². The minimum atomic E-state index is -1.32. The van der Waals surface area contributed by atoms with E-state index < -0.39 is 17.4 Å². The van der Waals surface area contributed by atoms with Crippen LogP contribution >= 0.6 is 0 Å². The summed E-state index contributed by atoms with van der Waals surface area (Å²) in [7, 11) is 0. The van der Waals surface area contributed by atoms with Gasteiger partial charge in [0.05, 0.1) is 18.4 Å². The van der Waals surface area contributed by atoms with Gasteiger partial charge in [-0.25, -0.2) is 4.79 Å². The number of aromatic nitrogens is 2. The van der Waals surface area contributed by atoms with Crippen LogP contribution in [0.25, 0.3) is 0 Å². The van der Waals surface area contributed by atoms with E-state index in [0.717, 1.165) is 0 Å². The molecule has 7 heteroatoms. The molecule has 7 nitrogen and oxygen atoms in total. The van der Waals surface area contributed by atoms with Crippen LogP contribution in [0.3, 0.4) is 0 Å². The van der Waals surface area contributed by atoms with Crippen molar-refractivity contribution in [3.8, 4) is 0 Å². The lowest BCUT2D eigenvalue weighted by molar-refractivity contribution is -0.144. The zero-order valence-electron chi connectivity index (χ0n) is 9.32. The van der Waals surface area contributed by atoms with Crippen molar-refractivity contribution in [2.24, 2.45) is 0 Å². The summed E-state index contributed by atoms with van der Waals surface area (Å²) < 4.78 is 5.05. The number of hydrogen-bond donors (Lipinski definition) is 3. The third-order valence-electron chi connectivity index (χ3n) is 2.86. The van der Waals surface area contributed by atoms with Crippen LogP contribution in [0.1, 0.15) is 22.5 Å². The van der Waals surface area contributed by atoms with Crippen LogP contribution < -0.4 is 5.32 Å². The summed E-state index contributed by atoms with van der Waals surface area (Å²) in [6, 6.07) is 0. The Morgan fingerprint density at radius 1 is 1.65 bits per heavy atom. The summed E-state index contributed by atoms with van der Waals surface area (Å²) in [5.74, 6) is -1.53. The average molecular weight is 239 g/mol. The van der Waals surface area contributed by atoms with E-state index in [-0.39, 0.29) is 13.0 Å². The number of aryl methyl sites for hydroxylation is 1. The lowest BCUT2D eigenvalue weighted by Crippen LogP contribution is -2.55. The fourth-order valence-electron chi connectivity index (χ4n) is 1.75. The number of carboxylic acids is 1. The Bertz CT molecular complexity index is 448. The molecule has 0 aromatic carbocycles. The first-order chi connectivity index (χ1) is 8.05. The van der Waals surface area contributed by atoms with E-state index in [1.165, 1.54) is 6.20 Å². The highest BCUT2D eigenvalue weighted by molar-refractivity contribution is 5.98. The summed E-state index contributed by atoms with van der Waals surface area (Å²) in [5.41, 5.74) is -0.375. The zero-order chi connectivity index (χ0) is 12.5. The van der Waals surface area contributed by atoms with E-state index >= 15 is 0 Å². The Labute approximate surface area is 97.2 Å². The van der Waals surface area contributed by atoms with Gasteiger partial charge >= 0.3 is 5.97 Å². The molecular weight excluding hydrogens is 226 g/mol. The summed E-state index contributed by atoms with van der Waals surface area (Å²) in [4.78, 5) is 23.1. The van der Waals surface area contributed by atoms with E-state index in [4.69, 9.17) is 9.84 Å². The molecule has 1 aliphatic rings.